The van der Waals surface area contributed by atoms with Gasteiger partial charge in [-0.1, -0.05) is 12.1 Å². The largest absolute Gasteiger partial charge is 0.497 e. The minimum Gasteiger partial charge on any atom is -0.497 e. The molecular weight excluding hydrogens is 507 g/mol. The average Bonchev–Trinajstić information content (AvgIpc) is 2.83. The van der Waals surface area contributed by atoms with Gasteiger partial charge in [0.1, 0.15) is 5.75 Å². The smallest absolute Gasteiger partial charge is 0.191 e. The molecule has 5 rings (SSSR count). The highest BCUT2D eigenvalue weighted by Crippen LogP contribution is 2.23. The van der Waals surface area contributed by atoms with Crippen LogP contribution >= 0.6 is 24.0 Å². The zero-order valence-electron chi connectivity index (χ0n) is 18.8. The van der Waals surface area contributed by atoms with Crippen LogP contribution in [0.3, 0.4) is 0 Å². The number of methoxy groups -OCH3 is 1. The van der Waals surface area contributed by atoms with Crippen molar-refractivity contribution in [2.24, 2.45) is 4.99 Å². The molecule has 0 spiro atoms. The summed E-state index contributed by atoms with van der Waals surface area (Å²) in [6.07, 6.45) is 0. The van der Waals surface area contributed by atoms with Crippen molar-refractivity contribution in [3.8, 4) is 5.75 Å². The lowest BCUT2D eigenvalue weighted by atomic mass is 10.0. The van der Waals surface area contributed by atoms with Gasteiger partial charge in [-0.15, -0.1) is 24.0 Å². The number of ether oxygens (including phenoxy) is 2. The van der Waals surface area contributed by atoms with Crippen LogP contribution in [0.25, 0.3) is 0 Å². The van der Waals surface area contributed by atoms with Crippen molar-refractivity contribution < 1.29 is 9.47 Å². The van der Waals surface area contributed by atoms with Crippen LogP contribution in [-0.2, 0) is 4.74 Å². The lowest BCUT2D eigenvalue weighted by molar-refractivity contribution is 0.0149. The number of fused-ring (bicyclic) bond motifs is 3. The van der Waals surface area contributed by atoms with Crippen molar-refractivity contribution in [1.82, 2.24) is 25.3 Å². The molecule has 0 saturated carbocycles. The van der Waals surface area contributed by atoms with Gasteiger partial charge >= 0.3 is 0 Å². The number of hydrogen-bond acceptors (Lipinski definition) is 6. The van der Waals surface area contributed by atoms with Crippen molar-refractivity contribution in [3.63, 3.8) is 0 Å². The van der Waals surface area contributed by atoms with Crippen LogP contribution in [0.5, 0.6) is 5.75 Å². The van der Waals surface area contributed by atoms with Gasteiger partial charge in [0, 0.05) is 72.0 Å². The highest BCUT2D eigenvalue weighted by molar-refractivity contribution is 14.0. The van der Waals surface area contributed by atoms with Crippen molar-refractivity contribution in [3.05, 3.63) is 29.8 Å². The number of morpholine rings is 1. The predicted molar refractivity (Wildman–Crippen MR) is 135 cm³/mol. The molecule has 1 aromatic rings. The first-order valence-electron chi connectivity index (χ1n) is 11.1. The lowest BCUT2D eigenvalue weighted by Crippen LogP contribution is -2.64. The van der Waals surface area contributed by atoms with Crippen LogP contribution in [-0.4, -0.2) is 113 Å². The fraction of sp³-hybridized carbons (Fsp3) is 0.682. The number of nitrogens with zero attached hydrogens (tertiary/aromatic N) is 4. The Labute approximate surface area is 203 Å². The molecule has 9 heteroatoms. The maximum Gasteiger partial charge on any atom is 0.191 e. The fourth-order valence-corrected chi connectivity index (χ4v) is 4.72. The molecule has 2 bridgehead atoms. The number of nitrogens with one attached hydrogen (secondary N) is 2. The normalized spacial score (nSPS) is 27.3. The van der Waals surface area contributed by atoms with E-state index in [1.807, 2.05) is 19.2 Å². The molecule has 0 aromatic heterocycles. The highest BCUT2D eigenvalue weighted by Gasteiger charge is 2.31. The third-order valence-electron chi connectivity index (χ3n) is 6.57. The molecule has 2 unspecified atom stereocenters. The minimum absolute atomic E-state index is 0. The summed E-state index contributed by atoms with van der Waals surface area (Å²) in [6, 6.07) is 9.24. The van der Waals surface area contributed by atoms with E-state index in [1.165, 1.54) is 31.7 Å². The third-order valence-corrected chi connectivity index (χ3v) is 6.57. The number of halogens is 1. The van der Waals surface area contributed by atoms with Gasteiger partial charge in [0.2, 0.25) is 0 Å². The van der Waals surface area contributed by atoms with Crippen LogP contribution < -0.4 is 15.4 Å². The van der Waals surface area contributed by atoms with Crippen molar-refractivity contribution >= 4 is 29.9 Å². The fourth-order valence-electron chi connectivity index (χ4n) is 4.72. The summed E-state index contributed by atoms with van der Waals surface area (Å²) in [5.74, 6) is 1.76. The van der Waals surface area contributed by atoms with E-state index in [9.17, 15) is 0 Å². The Morgan fingerprint density at radius 1 is 1.10 bits per heavy atom. The monoisotopic (exact) mass is 544 g/mol. The van der Waals surface area contributed by atoms with Gasteiger partial charge in [-0.3, -0.25) is 19.7 Å². The van der Waals surface area contributed by atoms with Crippen LogP contribution in [0, 0.1) is 0 Å². The molecule has 4 fully saturated rings. The molecular formula is C22H37IN6O2. The molecule has 4 aliphatic heterocycles. The van der Waals surface area contributed by atoms with Crippen LogP contribution in [0.1, 0.15) is 11.6 Å². The molecule has 0 radical (unpaired) electrons. The molecule has 2 atom stereocenters. The van der Waals surface area contributed by atoms with Crippen molar-refractivity contribution in [1.29, 1.82) is 0 Å². The number of rotatable bonds is 7. The van der Waals surface area contributed by atoms with E-state index in [0.29, 0.717) is 6.04 Å². The van der Waals surface area contributed by atoms with E-state index in [2.05, 4.69) is 42.5 Å². The maximum absolute atomic E-state index is 5.57. The standard InChI is InChI=1S/C22H36N6O2.HI/c1-23-22(24-15-19-17-26-7-9-27(19)10-8-26)25-16-21(28-11-13-30-14-12-28)18-3-5-20(29-2)6-4-18;/h3-6,19,21H,7-17H2,1-2H3,(H2,23,24,25);1H. The molecule has 31 heavy (non-hydrogen) atoms. The van der Waals surface area contributed by atoms with Crippen molar-refractivity contribution in [2.45, 2.75) is 12.1 Å². The van der Waals surface area contributed by atoms with Gasteiger partial charge in [-0.05, 0) is 17.7 Å². The zero-order valence-corrected chi connectivity index (χ0v) is 21.1. The van der Waals surface area contributed by atoms with Gasteiger partial charge in [-0.2, -0.15) is 0 Å². The van der Waals surface area contributed by atoms with Gasteiger partial charge in [0.15, 0.2) is 5.96 Å². The maximum atomic E-state index is 5.57. The molecule has 4 aliphatic rings. The van der Waals surface area contributed by atoms with E-state index in [1.54, 1.807) is 7.11 Å². The molecule has 1 aromatic carbocycles. The Hall–Kier alpha value is -1.14. The van der Waals surface area contributed by atoms with E-state index >= 15 is 0 Å². The molecule has 174 valence electrons. The second-order valence-corrected chi connectivity index (χ2v) is 8.26. The molecule has 0 aliphatic carbocycles. The average molecular weight is 544 g/mol. The number of hydrogen-bond donors (Lipinski definition) is 2. The summed E-state index contributed by atoms with van der Waals surface area (Å²) in [5, 5.41) is 7.13. The van der Waals surface area contributed by atoms with Gasteiger partial charge < -0.3 is 20.1 Å². The summed E-state index contributed by atoms with van der Waals surface area (Å²) in [4.78, 5) is 12.1. The summed E-state index contributed by atoms with van der Waals surface area (Å²) in [7, 11) is 3.56. The Balaban J connectivity index is 0.00000272. The van der Waals surface area contributed by atoms with E-state index in [0.717, 1.165) is 57.6 Å². The molecule has 2 N–H and O–H groups in total. The second-order valence-electron chi connectivity index (χ2n) is 8.26. The van der Waals surface area contributed by atoms with Crippen LogP contribution in [0.2, 0.25) is 0 Å². The summed E-state index contributed by atoms with van der Waals surface area (Å²) < 4.78 is 10.9. The summed E-state index contributed by atoms with van der Waals surface area (Å²) in [6.45, 7) is 11.2. The van der Waals surface area contributed by atoms with Gasteiger partial charge in [-0.25, -0.2) is 0 Å². The number of aliphatic imine (C=N–C) groups is 1. The minimum atomic E-state index is 0. The Kier molecular flexibility index (Phi) is 9.64. The topological polar surface area (TPSA) is 64.6 Å². The highest BCUT2D eigenvalue weighted by atomic mass is 127. The number of benzene rings is 1. The zero-order chi connectivity index (χ0) is 20.8. The molecule has 0 amide bonds. The Bertz CT molecular complexity index is 690. The first-order chi connectivity index (χ1) is 14.8. The first kappa shape index (κ1) is 24.5. The Morgan fingerprint density at radius 3 is 2.39 bits per heavy atom. The van der Waals surface area contributed by atoms with Crippen LogP contribution in [0.4, 0.5) is 0 Å². The SMILES string of the molecule is CN=C(NCC1CN2CCN1CC2)NCC(c1ccc(OC)cc1)N1CCOCC1.I. The quantitative estimate of drug-likeness (QED) is 0.300. The first-order valence-corrected chi connectivity index (χ1v) is 11.1. The second kappa shape index (κ2) is 12.2. The Morgan fingerprint density at radius 2 is 1.81 bits per heavy atom. The third kappa shape index (κ3) is 6.44. The predicted octanol–water partition coefficient (Wildman–Crippen LogP) is 0.851. The lowest BCUT2D eigenvalue weighted by Gasteiger charge is -2.47. The van der Waals surface area contributed by atoms with Gasteiger partial charge in [0.25, 0.3) is 0 Å². The number of piperazine rings is 3. The van der Waals surface area contributed by atoms with Crippen LogP contribution in [0.15, 0.2) is 29.3 Å². The van der Waals surface area contributed by atoms with E-state index < -0.39 is 0 Å². The molecule has 4 saturated heterocycles. The van der Waals surface area contributed by atoms with Crippen molar-refractivity contribution in [2.75, 3.05) is 86.3 Å². The van der Waals surface area contributed by atoms with E-state index in [4.69, 9.17) is 9.47 Å². The van der Waals surface area contributed by atoms with E-state index in [-0.39, 0.29) is 30.0 Å². The summed E-state index contributed by atoms with van der Waals surface area (Å²) >= 11 is 0. The van der Waals surface area contributed by atoms with Gasteiger partial charge in [0.05, 0.1) is 26.4 Å². The molecule has 8 nitrogen and oxygen atoms in total. The number of guanidine groups is 1. The summed E-state index contributed by atoms with van der Waals surface area (Å²) in [5.41, 5.74) is 1.28. The molecule has 4 heterocycles.